The minimum Gasteiger partial charge on any atom is -0.495 e. The van der Waals surface area contributed by atoms with Gasteiger partial charge < -0.3 is 10.1 Å². The maximum Gasteiger partial charge on any atom is 0.246 e. The zero-order valence-corrected chi connectivity index (χ0v) is 18.1. The molecule has 0 saturated carbocycles. The summed E-state index contributed by atoms with van der Waals surface area (Å²) in [5, 5.41) is 10.1. The van der Waals surface area contributed by atoms with Crippen LogP contribution in [0.15, 0.2) is 34.6 Å². The topological polar surface area (TPSA) is 117 Å². The van der Waals surface area contributed by atoms with Crippen LogP contribution in [0, 0.1) is 12.8 Å². The van der Waals surface area contributed by atoms with Crippen molar-refractivity contribution in [2.75, 3.05) is 32.5 Å². The minimum atomic E-state index is -3.74. The van der Waals surface area contributed by atoms with Crippen molar-refractivity contribution in [1.29, 1.82) is 0 Å². The molecule has 2 N–H and O–H groups in total. The fraction of sp³-hybridized carbons (Fsp3) is 0.500. The molecule has 11 heteroatoms. The number of nitrogens with one attached hydrogen (secondary N) is 2. The van der Waals surface area contributed by atoms with E-state index in [2.05, 4.69) is 20.5 Å². The van der Waals surface area contributed by atoms with Crippen molar-refractivity contribution in [3.63, 3.8) is 0 Å². The smallest absolute Gasteiger partial charge is 0.246 e. The van der Waals surface area contributed by atoms with E-state index in [1.165, 1.54) is 29.5 Å². The number of rotatable bonds is 8. The monoisotopic (exact) mass is 439 g/mol. The van der Waals surface area contributed by atoms with Crippen molar-refractivity contribution in [2.45, 2.75) is 29.8 Å². The number of thioether (sulfide) groups is 1. The van der Waals surface area contributed by atoms with Gasteiger partial charge in [-0.15, -0.1) is 0 Å². The largest absolute Gasteiger partial charge is 0.495 e. The molecule has 0 radical (unpaired) electrons. The number of benzene rings is 1. The molecular formula is C18H25N5O4S2. The van der Waals surface area contributed by atoms with E-state index in [1.807, 2.05) is 6.92 Å². The lowest BCUT2D eigenvalue weighted by Crippen LogP contribution is -2.45. The number of hydrogen-bond acceptors (Lipinski definition) is 7. The van der Waals surface area contributed by atoms with Gasteiger partial charge in [-0.05, 0) is 37.5 Å². The number of ether oxygens (including phenoxy) is 1. The maximum absolute atomic E-state index is 13.2. The Kier molecular flexibility index (Phi) is 7.14. The van der Waals surface area contributed by atoms with Crippen LogP contribution in [-0.2, 0) is 14.8 Å². The van der Waals surface area contributed by atoms with Gasteiger partial charge in [0, 0.05) is 25.4 Å². The van der Waals surface area contributed by atoms with Gasteiger partial charge >= 0.3 is 0 Å². The van der Waals surface area contributed by atoms with E-state index in [0.29, 0.717) is 42.6 Å². The van der Waals surface area contributed by atoms with E-state index in [4.69, 9.17) is 4.74 Å². The summed E-state index contributed by atoms with van der Waals surface area (Å²) >= 11 is 1.46. The van der Waals surface area contributed by atoms with Crippen LogP contribution in [0.25, 0.3) is 0 Å². The number of sulfonamides is 1. The molecule has 0 aliphatic carbocycles. The van der Waals surface area contributed by atoms with Crippen LogP contribution in [0.5, 0.6) is 5.75 Å². The zero-order chi connectivity index (χ0) is 20.9. The Morgan fingerprint density at radius 3 is 3.00 bits per heavy atom. The van der Waals surface area contributed by atoms with Gasteiger partial charge in [-0.2, -0.15) is 9.40 Å². The summed E-state index contributed by atoms with van der Waals surface area (Å²) < 4.78 is 33.0. The summed E-state index contributed by atoms with van der Waals surface area (Å²) in [5.74, 6) is 0.464. The van der Waals surface area contributed by atoms with Crippen molar-refractivity contribution >= 4 is 27.7 Å². The van der Waals surface area contributed by atoms with E-state index in [1.54, 1.807) is 18.2 Å². The Labute approximate surface area is 174 Å². The number of methoxy groups -OCH3 is 1. The normalized spacial score (nSPS) is 17.8. The number of H-pyrrole nitrogens is 1. The highest BCUT2D eigenvalue weighted by Gasteiger charge is 2.34. The third-order valence-electron chi connectivity index (χ3n) is 4.72. The minimum absolute atomic E-state index is 0.126. The Bertz CT molecular complexity index is 934. The van der Waals surface area contributed by atoms with Gasteiger partial charge in [0.05, 0.1) is 13.0 Å². The third kappa shape index (κ3) is 5.28. The molecule has 1 aromatic heterocycles. The predicted octanol–water partition coefficient (Wildman–Crippen LogP) is 1.43. The van der Waals surface area contributed by atoms with Crippen LogP contribution in [0.4, 0.5) is 0 Å². The number of piperidine rings is 1. The summed E-state index contributed by atoms with van der Waals surface area (Å²) in [6.07, 6.45) is 2.73. The Morgan fingerprint density at radius 1 is 1.45 bits per heavy atom. The second kappa shape index (κ2) is 9.59. The first-order chi connectivity index (χ1) is 13.9. The van der Waals surface area contributed by atoms with Gasteiger partial charge in [-0.25, -0.2) is 13.4 Å². The SMILES string of the molecule is COc1ccc(C)cc1S(=O)(=O)N1CCC[C@@H](C(=O)NCCSc2ncn[nH]2)C1. The fourth-order valence-electron chi connectivity index (χ4n) is 3.23. The second-order valence-electron chi connectivity index (χ2n) is 6.79. The fourth-order valence-corrected chi connectivity index (χ4v) is 5.63. The van der Waals surface area contributed by atoms with Crippen LogP contribution in [0.2, 0.25) is 0 Å². The van der Waals surface area contributed by atoms with E-state index < -0.39 is 10.0 Å². The van der Waals surface area contributed by atoms with Gasteiger partial charge in [0.25, 0.3) is 0 Å². The van der Waals surface area contributed by atoms with Crippen molar-refractivity contribution in [3.8, 4) is 5.75 Å². The van der Waals surface area contributed by atoms with E-state index >= 15 is 0 Å². The lowest BCUT2D eigenvalue weighted by molar-refractivity contribution is -0.125. The molecule has 9 nitrogen and oxygen atoms in total. The molecule has 2 heterocycles. The second-order valence-corrected chi connectivity index (χ2v) is 9.78. The molecule has 1 aromatic carbocycles. The molecular weight excluding hydrogens is 414 g/mol. The van der Waals surface area contributed by atoms with Gasteiger partial charge in [0.15, 0.2) is 5.16 Å². The molecule has 0 bridgehead atoms. The third-order valence-corrected chi connectivity index (χ3v) is 7.49. The summed E-state index contributed by atoms with van der Waals surface area (Å²) in [6.45, 7) is 2.87. The quantitative estimate of drug-likeness (QED) is 0.472. The molecule has 1 atom stereocenters. The molecule has 1 aliphatic rings. The van der Waals surface area contributed by atoms with Crippen molar-refractivity contribution in [1.82, 2.24) is 24.8 Å². The van der Waals surface area contributed by atoms with E-state index in [9.17, 15) is 13.2 Å². The summed E-state index contributed by atoms with van der Waals surface area (Å²) in [6, 6.07) is 5.07. The first-order valence-electron chi connectivity index (χ1n) is 9.32. The molecule has 1 aliphatic heterocycles. The highest BCUT2D eigenvalue weighted by Crippen LogP contribution is 2.30. The van der Waals surface area contributed by atoms with E-state index in [0.717, 1.165) is 5.56 Å². The van der Waals surface area contributed by atoms with Gasteiger partial charge in [-0.3, -0.25) is 9.89 Å². The lowest BCUT2D eigenvalue weighted by Gasteiger charge is -2.31. The number of nitrogens with zero attached hydrogens (tertiary/aromatic N) is 3. The first-order valence-corrected chi connectivity index (χ1v) is 11.7. The average molecular weight is 440 g/mol. The first kappa shape index (κ1) is 21.6. The van der Waals surface area contributed by atoms with Gasteiger partial charge in [-0.1, -0.05) is 17.8 Å². The lowest BCUT2D eigenvalue weighted by atomic mass is 9.99. The number of aromatic amines is 1. The Morgan fingerprint density at radius 2 is 2.28 bits per heavy atom. The number of carbonyl (C=O) groups is 1. The van der Waals surface area contributed by atoms with E-state index in [-0.39, 0.29) is 23.3 Å². The van der Waals surface area contributed by atoms with Crippen LogP contribution in [-0.4, -0.2) is 66.3 Å². The van der Waals surface area contributed by atoms with Crippen molar-refractivity contribution in [3.05, 3.63) is 30.1 Å². The van der Waals surface area contributed by atoms with Crippen molar-refractivity contribution in [2.24, 2.45) is 5.92 Å². The number of amides is 1. The molecule has 1 amide bonds. The zero-order valence-electron chi connectivity index (χ0n) is 16.4. The Hall–Kier alpha value is -2.11. The Balaban J connectivity index is 1.60. The molecule has 158 valence electrons. The molecule has 1 fully saturated rings. The predicted molar refractivity (Wildman–Crippen MR) is 109 cm³/mol. The molecule has 2 aromatic rings. The van der Waals surface area contributed by atoms with Gasteiger partial charge in [0.2, 0.25) is 15.9 Å². The van der Waals surface area contributed by atoms with Crippen molar-refractivity contribution < 1.29 is 17.9 Å². The standard InChI is InChI=1S/C18H25N5O4S2/c1-13-5-6-15(27-2)16(10-13)29(25,26)23-8-3-4-14(11-23)17(24)19-7-9-28-18-20-12-21-22-18/h5-6,10,12,14H,3-4,7-9,11H2,1-2H3,(H,19,24)(H,20,21,22)/t14-/m1/s1. The molecule has 3 rings (SSSR count). The molecule has 0 unspecified atom stereocenters. The number of hydrogen-bond donors (Lipinski definition) is 2. The maximum atomic E-state index is 13.2. The molecule has 29 heavy (non-hydrogen) atoms. The number of aryl methyl sites for hydroxylation is 1. The highest BCUT2D eigenvalue weighted by atomic mass is 32.2. The summed E-state index contributed by atoms with van der Waals surface area (Å²) in [4.78, 5) is 16.7. The van der Waals surface area contributed by atoms with Crippen LogP contribution >= 0.6 is 11.8 Å². The average Bonchev–Trinajstić information content (AvgIpc) is 3.24. The highest BCUT2D eigenvalue weighted by molar-refractivity contribution is 7.99. The number of aromatic nitrogens is 3. The van der Waals surface area contributed by atoms with Gasteiger partial charge in [0.1, 0.15) is 17.0 Å². The van der Waals surface area contributed by atoms with Crippen LogP contribution < -0.4 is 10.1 Å². The summed E-state index contributed by atoms with van der Waals surface area (Å²) in [5.41, 5.74) is 0.833. The van der Waals surface area contributed by atoms with Crippen LogP contribution in [0.1, 0.15) is 18.4 Å². The van der Waals surface area contributed by atoms with Crippen LogP contribution in [0.3, 0.4) is 0 Å². The summed E-state index contributed by atoms with van der Waals surface area (Å²) in [7, 11) is -2.29. The number of carbonyl (C=O) groups excluding carboxylic acids is 1. The molecule has 1 saturated heterocycles. The molecule has 0 spiro atoms.